The van der Waals surface area contributed by atoms with Crippen LogP contribution < -0.4 is 0 Å². The number of hydrogen-bond acceptors (Lipinski definition) is 3. The molecule has 0 spiro atoms. The first-order chi connectivity index (χ1) is 6.56. The normalized spacial score (nSPS) is 11.0. The summed E-state index contributed by atoms with van der Waals surface area (Å²) in [4.78, 5) is 2.10. The van der Waals surface area contributed by atoms with Crippen LogP contribution in [-0.4, -0.2) is 36.8 Å². The van der Waals surface area contributed by atoms with E-state index in [9.17, 15) is 0 Å². The van der Waals surface area contributed by atoms with Crippen molar-refractivity contribution in [2.45, 2.75) is 20.8 Å². The van der Waals surface area contributed by atoms with Gasteiger partial charge in [0.25, 0.3) is 0 Å². The number of nitrogens with zero attached hydrogens (tertiary/aromatic N) is 3. The van der Waals surface area contributed by atoms with Gasteiger partial charge >= 0.3 is 0 Å². The summed E-state index contributed by atoms with van der Waals surface area (Å²) in [5.74, 6) is 0. The summed E-state index contributed by atoms with van der Waals surface area (Å²) in [5.41, 5.74) is 2.02. The van der Waals surface area contributed by atoms with Crippen LogP contribution in [0.1, 0.15) is 20.8 Å². The second-order valence-corrected chi connectivity index (χ2v) is 3.23. The molecule has 0 N–H and O–H groups in total. The van der Waals surface area contributed by atoms with Gasteiger partial charge in [0.1, 0.15) is 0 Å². The van der Waals surface area contributed by atoms with Gasteiger partial charge in [-0.15, -0.1) is 0 Å². The van der Waals surface area contributed by atoms with Crippen molar-refractivity contribution in [1.82, 2.24) is 9.91 Å². The van der Waals surface area contributed by atoms with E-state index in [-0.39, 0.29) is 0 Å². The van der Waals surface area contributed by atoms with E-state index in [0.717, 1.165) is 24.4 Å². The van der Waals surface area contributed by atoms with Gasteiger partial charge in [-0.05, 0) is 26.3 Å². The minimum Gasteiger partial charge on any atom is -0.379 e. The van der Waals surface area contributed by atoms with E-state index in [0.29, 0.717) is 0 Å². The molecule has 0 saturated carbocycles. The van der Waals surface area contributed by atoms with Crippen molar-refractivity contribution in [2.75, 3.05) is 20.1 Å². The maximum atomic E-state index is 3.94. The van der Waals surface area contributed by atoms with Gasteiger partial charge in [0, 0.05) is 33.1 Å². The SMILES string of the molecule is C=NN(CC)/C(=C/N(C)CC)C(=C)C. The minimum absolute atomic E-state index is 0.805. The van der Waals surface area contributed by atoms with Crippen molar-refractivity contribution in [3.63, 3.8) is 0 Å². The molecule has 0 aliphatic heterocycles. The topological polar surface area (TPSA) is 18.8 Å². The van der Waals surface area contributed by atoms with E-state index >= 15 is 0 Å². The van der Waals surface area contributed by atoms with E-state index in [1.165, 1.54) is 0 Å². The third-order valence-corrected chi connectivity index (χ3v) is 2.03. The molecule has 0 aromatic carbocycles. The smallest absolute Gasteiger partial charge is 0.0775 e. The van der Waals surface area contributed by atoms with Gasteiger partial charge < -0.3 is 4.90 Å². The Bertz CT molecular complexity index is 231. The highest BCUT2D eigenvalue weighted by atomic mass is 15.4. The van der Waals surface area contributed by atoms with Crippen LogP contribution in [0.4, 0.5) is 0 Å². The van der Waals surface area contributed by atoms with E-state index < -0.39 is 0 Å². The molecule has 0 unspecified atom stereocenters. The van der Waals surface area contributed by atoms with Gasteiger partial charge in [-0.2, -0.15) is 5.10 Å². The molecule has 3 nitrogen and oxygen atoms in total. The molecule has 3 heteroatoms. The van der Waals surface area contributed by atoms with Crippen LogP contribution in [-0.2, 0) is 0 Å². The van der Waals surface area contributed by atoms with Gasteiger partial charge in [-0.3, -0.25) is 5.01 Å². The van der Waals surface area contributed by atoms with Crippen LogP contribution in [0.2, 0.25) is 0 Å². The third kappa shape index (κ3) is 3.64. The van der Waals surface area contributed by atoms with Crippen LogP contribution >= 0.6 is 0 Å². The molecule has 80 valence electrons. The van der Waals surface area contributed by atoms with Crippen molar-refractivity contribution in [1.29, 1.82) is 0 Å². The summed E-state index contributed by atoms with van der Waals surface area (Å²) in [5, 5.41) is 5.78. The Hall–Kier alpha value is -1.25. The van der Waals surface area contributed by atoms with Gasteiger partial charge in [-0.25, -0.2) is 0 Å². The fourth-order valence-electron chi connectivity index (χ4n) is 1.04. The molecule has 0 aliphatic rings. The Labute approximate surface area is 87.4 Å². The summed E-state index contributed by atoms with van der Waals surface area (Å²) in [6.45, 7) is 15.4. The molecule has 0 amide bonds. The highest BCUT2D eigenvalue weighted by Gasteiger charge is 2.06. The number of likely N-dealkylation sites (N-methyl/N-ethyl adjacent to an activating group) is 1. The molecule has 14 heavy (non-hydrogen) atoms. The second-order valence-electron chi connectivity index (χ2n) is 3.23. The standard InChI is InChI=1S/C11H21N3/c1-7-13(6)9-11(10(3)4)14(8-2)12-5/h9H,3,5,7-8H2,1-2,4,6H3/b11-9+. The number of rotatable bonds is 6. The predicted molar refractivity (Wildman–Crippen MR) is 63.1 cm³/mol. The Morgan fingerprint density at radius 3 is 2.21 bits per heavy atom. The molecule has 0 bridgehead atoms. The van der Waals surface area contributed by atoms with Crippen molar-refractivity contribution in [2.24, 2.45) is 5.10 Å². The lowest BCUT2D eigenvalue weighted by Gasteiger charge is -2.23. The number of hydrazone groups is 1. The molecule has 0 fully saturated rings. The summed E-state index contributed by atoms with van der Waals surface area (Å²) in [6, 6.07) is 0. The first-order valence-corrected chi connectivity index (χ1v) is 4.88. The lowest BCUT2D eigenvalue weighted by molar-refractivity contribution is 0.374. The molecular weight excluding hydrogens is 174 g/mol. The largest absolute Gasteiger partial charge is 0.379 e. The van der Waals surface area contributed by atoms with Crippen molar-refractivity contribution in [3.8, 4) is 0 Å². The van der Waals surface area contributed by atoms with Crippen LogP contribution in [0, 0.1) is 0 Å². The maximum Gasteiger partial charge on any atom is 0.0775 e. The Morgan fingerprint density at radius 2 is 1.93 bits per heavy atom. The molecule has 0 rings (SSSR count). The first-order valence-electron chi connectivity index (χ1n) is 4.88. The summed E-state index contributed by atoms with van der Waals surface area (Å²) < 4.78 is 0. The monoisotopic (exact) mass is 195 g/mol. The fourth-order valence-corrected chi connectivity index (χ4v) is 1.04. The Balaban J connectivity index is 4.82. The molecule has 0 radical (unpaired) electrons. The summed E-state index contributed by atoms with van der Waals surface area (Å²) in [6.07, 6.45) is 2.04. The molecule has 0 aliphatic carbocycles. The average Bonchev–Trinajstić information content (AvgIpc) is 2.17. The highest BCUT2D eigenvalue weighted by molar-refractivity contribution is 5.28. The average molecular weight is 195 g/mol. The van der Waals surface area contributed by atoms with Gasteiger partial charge in [0.15, 0.2) is 0 Å². The lowest BCUT2D eigenvalue weighted by Crippen LogP contribution is -2.20. The van der Waals surface area contributed by atoms with Gasteiger partial charge in [0.2, 0.25) is 0 Å². The maximum absolute atomic E-state index is 3.94. The van der Waals surface area contributed by atoms with Crippen molar-refractivity contribution >= 4 is 6.72 Å². The lowest BCUT2D eigenvalue weighted by atomic mass is 10.2. The fraction of sp³-hybridized carbons (Fsp3) is 0.545. The minimum atomic E-state index is 0.805. The van der Waals surface area contributed by atoms with Crippen LogP contribution in [0.25, 0.3) is 0 Å². The summed E-state index contributed by atoms with van der Waals surface area (Å²) >= 11 is 0. The second kappa shape index (κ2) is 6.24. The van der Waals surface area contributed by atoms with E-state index in [1.807, 2.05) is 32.1 Å². The zero-order valence-electron chi connectivity index (χ0n) is 9.75. The van der Waals surface area contributed by atoms with Crippen LogP contribution in [0.3, 0.4) is 0 Å². The Kier molecular flexibility index (Phi) is 5.68. The van der Waals surface area contributed by atoms with Crippen molar-refractivity contribution < 1.29 is 0 Å². The molecular formula is C11H21N3. The third-order valence-electron chi connectivity index (χ3n) is 2.03. The number of allylic oxidation sites excluding steroid dienone is 1. The Morgan fingerprint density at radius 1 is 1.36 bits per heavy atom. The van der Waals surface area contributed by atoms with Crippen LogP contribution in [0.15, 0.2) is 29.2 Å². The number of hydrogen-bond donors (Lipinski definition) is 0. The predicted octanol–water partition coefficient (Wildman–Crippen LogP) is 2.29. The van der Waals surface area contributed by atoms with Crippen LogP contribution in [0.5, 0.6) is 0 Å². The van der Waals surface area contributed by atoms with Crippen molar-refractivity contribution in [3.05, 3.63) is 24.0 Å². The molecule has 0 heterocycles. The van der Waals surface area contributed by atoms with E-state index in [4.69, 9.17) is 0 Å². The van der Waals surface area contributed by atoms with E-state index in [2.05, 4.69) is 30.2 Å². The summed E-state index contributed by atoms with van der Waals surface area (Å²) in [7, 11) is 2.03. The molecule has 0 atom stereocenters. The van der Waals surface area contributed by atoms with E-state index in [1.54, 1.807) is 0 Å². The molecule has 0 aromatic heterocycles. The molecule has 0 saturated heterocycles. The quantitative estimate of drug-likeness (QED) is 0.368. The van der Waals surface area contributed by atoms with Gasteiger partial charge in [-0.1, -0.05) is 6.58 Å². The molecule has 0 aromatic rings. The highest BCUT2D eigenvalue weighted by Crippen LogP contribution is 2.13. The zero-order chi connectivity index (χ0) is 11.1. The first kappa shape index (κ1) is 12.8. The van der Waals surface area contributed by atoms with Gasteiger partial charge in [0.05, 0.1) is 5.70 Å². The zero-order valence-corrected chi connectivity index (χ0v) is 9.75.